The summed E-state index contributed by atoms with van der Waals surface area (Å²) in [7, 11) is 0. The Kier molecular flexibility index (Phi) is 4.06. The minimum absolute atomic E-state index is 1.23. The quantitative estimate of drug-likeness (QED) is 0.534. The molecule has 3 aromatic rings. The van der Waals surface area contributed by atoms with Crippen molar-refractivity contribution >= 4 is 33.8 Å². The van der Waals surface area contributed by atoms with Gasteiger partial charge in [0.15, 0.2) is 0 Å². The fraction of sp³-hybridized carbons (Fsp3) is 0. The van der Waals surface area contributed by atoms with Crippen LogP contribution in [-0.2, 0) is 11.8 Å². The summed E-state index contributed by atoms with van der Waals surface area (Å²) in [6, 6.07) is 29.7. The van der Waals surface area contributed by atoms with E-state index in [1.54, 1.807) is 0 Å². The zero-order valence-electron chi connectivity index (χ0n) is 13.2. The molecule has 1 aliphatic rings. The molecule has 116 valence electrons. The summed E-state index contributed by atoms with van der Waals surface area (Å²) in [5.41, 5.74) is 2.46. The maximum Gasteiger partial charge on any atom is 0.0391 e. The van der Waals surface area contributed by atoms with Crippen molar-refractivity contribution in [2.24, 2.45) is 0 Å². The monoisotopic (exact) mass is 344 g/mol. The number of hydrogen-bond acceptors (Lipinski definition) is 1. The van der Waals surface area contributed by atoms with E-state index in [9.17, 15) is 0 Å². The van der Waals surface area contributed by atoms with Crippen molar-refractivity contribution in [2.45, 2.75) is 0 Å². The van der Waals surface area contributed by atoms with Crippen LogP contribution in [0.25, 0.3) is 10.6 Å². The van der Waals surface area contributed by atoms with Crippen molar-refractivity contribution in [1.29, 1.82) is 0 Å². The molecule has 0 radical (unpaired) electrons. The van der Waals surface area contributed by atoms with Gasteiger partial charge in [-0.3, -0.25) is 0 Å². The van der Waals surface area contributed by atoms with Gasteiger partial charge in [0.1, 0.15) is 0 Å². The van der Waals surface area contributed by atoms with Crippen LogP contribution in [-0.4, -0.2) is 0 Å². The van der Waals surface area contributed by atoms with Crippen LogP contribution in [0.2, 0.25) is 0 Å². The smallest absolute Gasteiger partial charge is 0.0391 e. The molecular formula is C22H17PS. The lowest BCUT2D eigenvalue weighted by atomic mass is 10.2. The second-order valence-corrected chi connectivity index (χ2v) is 10.1. The lowest BCUT2D eigenvalue weighted by molar-refractivity contribution is 1.65. The Morgan fingerprint density at radius 2 is 0.875 bits per heavy atom. The van der Waals surface area contributed by atoms with E-state index in [4.69, 9.17) is 11.8 Å². The lowest BCUT2D eigenvalue weighted by Gasteiger charge is -2.25. The SMILES string of the molecule is S=P1(c2ccccc2)C(c2ccccc2)=CC=C1c1ccccc1. The Labute approximate surface area is 148 Å². The van der Waals surface area contributed by atoms with Crippen molar-refractivity contribution in [2.75, 3.05) is 0 Å². The molecular weight excluding hydrogens is 327 g/mol. The Bertz CT molecular complexity index is 895. The van der Waals surface area contributed by atoms with Crippen LogP contribution < -0.4 is 5.30 Å². The third-order valence-corrected chi connectivity index (χ3v) is 9.35. The van der Waals surface area contributed by atoms with Crippen molar-refractivity contribution in [3.8, 4) is 0 Å². The molecule has 24 heavy (non-hydrogen) atoms. The van der Waals surface area contributed by atoms with Gasteiger partial charge >= 0.3 is 0 Å². The number of benzene rings is 3. The molecule has 0 N–H and O–H groups in total. The number of rotatable bonds is 3. The van der Waals surface area contributed by atoms with E-state index in [0.29, 0.717) is 0 Å². The standard InChI is InChI=1S/C22H17PS/c24-23(20-14-8-3-9-15-20)21(18-10-4-1-5-11-18)16-17-22(23)19-12-6-2-7-13-19/h1-17H. The van der Waals surface area contributed by atoms with E-state index in [0.717, 1.165) is 0 Å². The highest BCUT2D eigenvalue weighted by Gasteiger charge is 2.33. The van der Waals surface area contributed by atoms with Crippen LogP contribution in [0.1, 0.15) is 11.1 Å². The van der Waals surface area contributed by atoms with Crippen molar-refractivity contribution in [3.63, 3.8) is 0 Å². The molecule has 0 amide bonds. The van der Waals surface area contributed by atoms with Gasteiger partial charge in [-0.1, -0.05) is 115 Å². The Morgan fingerprint density at radius 1 is 0.500 bits per heavy atom. The van der Waals surface area contributed by atoms with E-state index in [1.165, 1.54) is 27.1 Å². The average molecular weight is 344 g/mol. The fourth-order valence-electron chi connectivity index (χ4n) is 3.19. The van der Waals surface area contributed by atoms with Crippen molar-refractivity contribution in [3.05, 3.63) is 114 Å². The maximum absolute atomic E-state index is 6.41. The minimum atomic E-state index is -2.03. The molecule has 0 bridgehead atoms. The first-order chi connectivity index (χ1) is 11.8. The second kappa shape index (κ2) is 6.36. The molecule has 0 atom stereocenters. The summed E-state index contributed by atoms with van der Waals surface area (Å²) in [6.45, 7) is 0. The third kappa shape index (κ3) is 2.51. The van der Waals surface area contributed by atoms with Gasteiger partial charge in [-0.05, 0) is 16.4 Å². The molecule has 0 saturated carbocycles. The van der Waals surface area contributed by atoms with Gasteiger partial charge < -0.3 is 0 Å². The molecule has 0 nitrogen and oxygen atoms in total. The van der Waals surface area contributed by atoms with Crippen LogP contribution in [0.4, 0.5) is 0 Å². The van der Waals surface area contributed by atoms with E-state index in [2.05, 4.69) is 103 Å². The Balaban J connectivity index is 1.92. The van der Waals surface area contributed by atoms with Gasteiger partial charge in [0, 0.05) is 16.7 Å². The highest BCUT2D eigenvalue weighted by molar-refractivity contribution is 8.28. The molecule has 0 aromatic heterocycles. The van der Waals surface area contributed by atoms with Gasteiger partial charge in [-0.2, -0.15) is 0 Å². The van der Waals surface area contributed by atoms with Crippen LogP contribution in [0, 0.1) is 0 Å². The molecule has 0 saturated heterocycles. The van der Waals surface area contributed by atoms with Gasteiger partial charge in [-0.25, -0.2) is 0 Å². The first-order valence-corrected chi connectivity index (χ1v) is 10.8. The topological polar surface area (TPSA) is 0 Å². The van der Waals surface area contributed by atoms with Crippen LogP contribution in [0.3, 0.4) is 0 Å². The molecule has 0 unspecified atom stereocenters. The first-order valence-electron chi connectivity index (χ1n) is 8.00. The van der Waals surface area contributed by atoms with Gasteiger partial charge in [0.25, 0.3) is 0 Å². The third-order valence-electron chi connectivity index (χ3n) is 4.34. The van der Waals surface area contributed by atoms with E-state index in [1.807, 2.05) is 0 Å². The molecule has 3 aromatic carbocycles. The zero-order valence-corrected chi connectivity index (χ0v) is 14.9. The Hall–Kier alpha value is -2.21. The van der Waals surface area contributed by atoms with Gasteiger partial charge in [0.05, 0.1) is 0 Å². The highest BCUT2D eigenvalue weighted by atomic mass is 32.4. The molecule has 1 heterocycles. The maximum atomic E-state index is 6.41. The summed E-state index contributed by atoms with van der Waals surface area (Å²) >= 11 is 6.41. The summed E-state index contributed by atoms with van der Waals surface area (Å²) in [5, 5.41) is 3.81. The first kappa shape index (κ1) is 15.3. The molecule has 0 fully saturated rings. The van der Waals surface area contributed by atoms with Crippen molar-refractivity contribution in [1.82, 2.24) is 0 Å². The fourth-order valence-corrected chi connectivity index (χ4v) is 7.55. The molecule has 2 heteroatoms. The second-order valence-electron chi connectivity index (χ2n) is 5.78. The lowest BCUT2D eigenvalue weighted by Crippen LogP contribution is -2.05. The summed E-state index contributed by atoms with van der Waals surface area (Å²) in [4.78, 5) is 0. The zero-order chi connectivity index (χ0) is 16.4. The number of hydrogen-bond donors (Lipinski definition) is 0. The predicted octanol–water partition coefficient (Wildman–Crippen LogP) is 5.89. The van der Waals surface area contributed by atoms with Crippen LogP contribution in [0.15, 0.2) is 103 Å². The summed E-state index contributed by atoms with van der Waals surface area (Å²) in [5.74, 6) is 0. The van der Waals surface area contributed by atoms with Crippen LogP contribution >= 0.6 is 6.04 Å². The Morgan fingerprint density at radius 3 is 1.29 bits per heavy atom. The molecule has 4 rings (SSSR count). The molecule has 0 aliphatic carbocycles. The van der Waals surface area contributed by atoms with E-state index >= 15 is 0 Å². The normalized spacial score (nSPS) is 15.7. The van der Waals surface area contributed by atoms with Crippen molar-refractivity contribution < 1.29 is 0 Å². The summed E-state index contributed by atoms with van der Waals surface area (Å²) in [6.07, 6.45) is 4.46. The largest absolute Gasteiger partial charge is 0.0826 e. The molecule has 1 aliphatic heterocycles. The van der Waals surface area contributed by atoms with Crippen LogP contribution in [0.5, 0.6) is 0 Å². The highest BCUT2D eigenvalue weighted by Crippen LogP contribution is 2.70. The summed E-state index contributed by atoms with van der Waals surface area (Å²) < 4.78 is 0. The van der Waals surface area contributed by atoms with Gasteiger partial charge in [-0.15, -0.1) is 0 Å². The van der Waals surface area contributed by atoms with E-state index < -0.39 is 6.04 Å². The minimum Gasteiger partial charge on any atom is -0.0826 e. The number of allylic oxidation sites excluding steroid dienone is 2. The molecule has 0 spiro atoms. The van der Waals surface area contributed by atoms with Gasteiger partial charge in [0.2, 0.25) is 0 Å². The van der Waals surface area contributed by atoms with E-state index in [-0.39, 0.29) is 0 Å². The average Bonchev–Trinajstić information content (AvgIpc) is 3.02. The predicted molar refractivity (Wildman–Crippen MR) is 109 cm³/mol.